The number of hydrogen-bond donors (Lipinski definition) is 0. The van der Waals surface area contributed by atoms with Crippen molar-refractivity contribution in [3.63, 3.8) is 0 Å². The molecule has 0 atom stereocenters. The maximum Gasteiger partial charge on any atom is 0.578 e. The van der Waals surface area contributed by atoms with Crippen molar-refractivity contribution in [2.45, 2.75) is 0 Å². The Hall–Kier alpha value is -1.14. The fourth-order valence-electron chi connectivity index (χ4n) is 0.633. The van der Waals surface area contributed by atoms with Crippen LogP contribution in [0.3, 0.4) is 0 Å². The van der Waals surface area contributed by atoms with Crippen molar-refractivity contribution in [2.24, 2.45) is 0 Å². The molecule has 0 amide bonds. The zero-order valence-corrected chi connectivity index (χ0v) is 7.99. The van der Waals surface area contributed by atoms with Crippen LogP contribution in [0, 0.1) is 17.5 Å². The molecule has 0 heterocycles. The van der Waals surface area contributed by atoms with E-state index in [1.165, 1.54) is 0 Å². The van der Waals surface area contributed by atoms with Crippen LogP contribution in [-0.4, -0.2) is 45.5 Å². The summed E-state index contributed by atoms with van der Waals surface area (Å²) in [5.74, 6) is 0. The molecule has 0 saturated heterocycles. The average Bonchev–Trinajstić information content (AvgIpc) is 2.13. The summed E-state index contributed by atoms with van der Waals surface area (Å²) in [5.41, 5.74) is 0. The number of hydrogen-bond acceptors (Lipinski definition) is 4. The van der Waals surface area contributed by atoms with Gasteiger partial charge in [-0.25, -0.2) is 0 Å². The van der Waals surface area contributed by atoms with Crippen molar-refractivity contribution in [2.75, 3.05) is 40.6 Å². The number of methoxy groups -OCH3 is 1. The van der Waals surface area contributed by atoms with Gasteiger partial charge in [0.15, 0.2) is 11.3 Å². The smallest absolute Gasteiger partial charge is 0.359 e. The summed E-state index contributed by atoms with van der Waals surface area (Å²) in [7, 11) is 3.48. The normalized spacial score (nSPS) is 9.08. The Morgan fingerprint density at radius 3 is 2.92 bits per heavy atom. The van der Waals surface area contributed by atoms with Gasteiger partial charge in [0.2, 0.25) is 0 Å². The van der Waals surface area contributed by atoms with Crippen LogP contribution in [-0.2, 0) is 9.47 Å². The summed E-state index contributed by atoms with van der Waals surface area (Å²) in [6, 6.07) is 2.58. The van der Waals surface area contributed by atoms with Gasteiger partial charge in [-0.1, -0.05) is 4.85 Å². The number of nitriles is 1. The molecular weight excluding hydrogens is 170 g/mol. The van der Waals surface area contributed by atoms with Crippen molar-refractivity contribution in [1.82, 2.24) is 4.90 Å². The zero-order chi connectivity index (χ0) is 9.94. The molecule has 72 valence electrons. The summed E-state index contributed by atoms with van der Waals surface area (Å²) in [6.45, 7) is 2.20. The van der Waals surface area contributed by atoms with E-state index in [0.29, 0.717) is 19.9 Å². The lowest BCUT2D eigenvalue weighted by Gasteiger charge is -2.10. The first-order chi connectivity index (χ1) is 6.31. The van der Waals surface area contributed by atoms with Crippen molar-refractivity contribution < 1.29 is 9.47 Å². The highest BCUT2D eigenvalue weighted by Gasteiger charge is 1.96. The van der Waals surface area contributed by atoms with Gasteiger partial charge >= 0.3 is 6.19 Å². The van der Waals surface area contributed by atoms with Gasteiger partial charge in [-0.2, -0.15) is 0 Å². The fraction of sp³-hybridized carbons (Fsp3) is 0.750. The predicted molar refractivity (Wildman–Crippen MR) is 48.2 cm³/mol. The van der Waals surface area contributed by atoms with E-state index in [0.717, 1.165) is 6.54 Å². The van der Waals surface area contributed by atoms with Gasteiger partial charge in [0, 0.05) is 13.7 Å². The van der Waals surface area contributed by atoms with E-state index in [4.69, 9.17) is 14.7 Å². The molecular formula is C8H14N3O2+. The third-order valence-electron chi connectivity index (χ3n) is 1.29. The van der Waals surface area contributed by atoms with E-state index in [2.05, 4.69) is 10.9 Å². The van der Waals surface area contributed by atoms with Gasteiger partial charge in [0.25, 0.3) is 0 Å². The molecule has 0 aliphatic heterocycles. The second-order valence-corrected chi connectivity index (χ2v) is 2.42. The van der Waals surface area contributed by atoms with Crippen LogP contribution in [0.25, 0.3) is 4.85 Å². The maximum atomic E-state index is 8.09. The van der Waals surface area contributed by atoms with Crippen LogP contribution in [0.4, 0.5) is 0 Å². The molecule has 0 aliphatic rings. The molecule has 0 fully saturated rings. The van der Waals surface area contributed by atoms with Crippen molar-refractivity contribution in [1.29, 1.82) is 5.26 Å². The minimum absolute atomic E-state index is 0.309. The first-order valence-electron chi connectivity index (χ1n) is 3.88. The van der Waals surface area contributed by atoms with E-state index >= 15 is 0 Å². The Balaban J connectivity index is 3.31. The van der Waals surface area contributed by atoms with Gasteiger partial charge in [0.1, 0.15) is 13.3 Å². The standard InChI is InChI=1S/C8H14N3O2/c1-11(4-3-10-7-9)5-6-13-8-12-2/h4-6,8H2,1-2H3/q+1. The van der Waals surface area contributed by atoms with Crippen LogP contribution in [0.2, 0.25) is 0 Å². The van der Waals surface area contributed by atoms with E-state index in [-0.39, 0.29) is 0 Å². The Labute approximate surface area is 78.3 Å². The molecule has 0 bridgehead atoms. The van der Waals surface area contributed by atoms with E-state index in [1.807, 2.05) is 11.9 Å². The number of ether oxygens (including phenoxy) is 2. The Kier molecular flexibility index (Phi) is 8.17. The summed E-state index contributed by atoms with van der Waals surface area (Å²) < 4.78 is 9.78. The molecule has 5 nitrogen and oxygen atoms in total. The van der Waals surface area contributed by atoms with E-state index < -0.39 is 0 Å². The lowest BCUT2D eigenvalue weighted by Crippen LogP contribution is -2.23. The third kappa shape index (κ3) is 8.77. The molecule has 5 heteroatoms. The summed E-state index contributed by atoms with van der Waals surface area (Å²) >= 11 is 0. The second-order valence-electron chi connectivity index (χ2n) is 2.42. The minimum Gasteiger partial charge on any atom is -0.359 e. The van der Waals surface area contributed by atoms with E-state index in [9.17, 15) is 0 Å². The predicted octanol–water partition coefficient (Wildman–Crippen LogP) is 0.353. The first kappa shape index (κ1) is 11.9. The van der Waals surface area contributed by atoms with Crippen molar-refractivity contribution in [3.8, 4) is 12.3 Å². The molecule has 0 aromatic rings. The second kappa shape index (κ2) is 8.95. The summed E-state index contributed by atoms with van der Waals surface area (Å²) in [4.78, 5) is 5.25. The Morgan fingerprint density at radius 2 is 2.31 bits per heavy atom. The monoisotopic (exact) mass is 184 g/mol. The molecule has 0 aliphatic carbocycles. The van der Waals surface area contributed by atoms with Crippen LogP contribution in [0.1, 0.15) is 0 Å². The van der Waals surface area contributed by atoms with Crippen LogP contribution in [0.5, 0.6) is 0 Å². The molecule has 0 unspecified atom stereocenters. The molecule has 0 saturated carbocycles. The van der Waals surface area contributed by atoms with Crippen LogP contribution < -0.4 is 0 Å². The molecule has 0 rings (SSSR count). The van der Waals surface area contributed by atoms with Crippen molar-refractivity contribution in [3.05, 3.63) is 4.85 Å². The Bertz CT molecular complexity index is 214. The fourth-order valence-corrected chi connectivity index (χ4v) is 0.633. The minimum atomic E-state index is 0.309. The first-order valence-corrected chi connectivity index (χ1v) is 3.88. The highest BCUT2D eigenvalue weighted by atomic mass is 16.7. The maximum absolute atomic E-state index is 8.09. The topological polar surface area (TPSA) is 49.9 Å². The largest absolute Gasteiger partial charge is 0.578 e. The quantitative estimate of drug-likeness (QED) is 0.259. The molecule has 0 N–H and O–H groups in total. The molecule has 0 aromatic heterocycles. The molecule has 0 spiro atoms. The van der Waals surface area contributed by atoms with Gasteiger partial charge in [-0.15, -0.1) is 0 Å². The van der Waals surface area contributed by atoms with Gasteiger partial charge in [0.05, 0.1) is 6.61 Å². The summed E-state index contributed by atoms with van der Waals surface area (Å²) in [5, 5.41) is 8.09. The average molecular weight is 184 g/mol. The van der Waals surface area contributed by atoms with E-state index in [1.54, 1.807) is 13.3 Å². The van der Waals surface area contributed by atoms with Gasteiger partial charge in [-0.3, -0.25) is 4.90 Å². The molecule has 13 heavy (non-hydrogen) atoms. The summed E-state index contributed by atoms with van der Waals surface area (Å²) in [6.07, 6.45) is 1.64. The number of likely N-dealkylation sites (N-methyl/N-ethyl adjacent to an activating group) is 1. The molecule has 0 aromatic carbocycles. The SMILES string of the molecule is COCOCCN(C)CC#[N+]C#N. The molecule has 0 radical (unpaired) electrons. The lowest BCUT2D eigenvalue weighted by atomic mass is 10.5. The highest BCUT2D eigenvalue weighted by Crippen LogP contribution is 1.82. The van der Waals surface area contributed by atoms with Crippen molar-refractivity contribution >= 4 is 0 Å². The highest BCUT2D eigenvalue weighted by molar-refractivity contribution is 4.99. The van der Waals surface area contributed by atoms with Gasteiger partial charge < -0.3 is 9.47 Å². The Morgan fingerprint density at radius 1 is 1.54 bits per heavy atom. The number of nitrogens with zero attached hydrogens (tertiary/aromatic N) is 3. The van der Waals surface area contributed by atoms with Crippen LogP contribution >= 0.6 is 0 Å². The zero-order valence-electron chi connectivity index (χ0n) is 7.99. The van der Waals surface area contributed by atoms with Gasteiger partial charge in [-0.05, 0) is 7.05 Å². The van der Waals surface area contributed by atoms with Crippen LogP contribution in [0.15, 0.2) is 0 Å². The number of rotatable bonds is 6. The lowest BCUT2D eigenvalue weighted by molar-refractivity contribution is -0.0344. The third-order valence-corrected chi connectivity index (χ3v) is 1.29.